The van der Waals surface area contributed by atoms with Crippen LogP contribution in [-0.2, 0) is 0 Å². The third kappa shape index (κ3) is 1.47. The van der Waals surface area contributed by atoms with Gasteiger partial charge < -0.3 is 5.32 Å². The second-order valence-corrected chi connectivity index (χ2v) is 4.24. The van der Waals surface area contributed by atoms with Gasteiger partial charge in [0.25, 0.3) is 0 Å². The van der Waals surface area contributed by atoms with Gasteiger partial charge >= 0.3 is 0 Å². The first-order valence-electron chi connectivity index (χ1n) is 4.13. The number of thiophene rings is 1. The predicted octanol–water partition coefficient (Wildman–Crippen LogP) is 2.21. The molecule has 0 amide bonds. The molecule has 11 heavy (non-hydrogen) atoms. The highest BCUT2D eigenvalue weighted by Crippen LogP contribution is 2.28. The molecule has 0 spiro atoms. The van der Waals surface area contributed by atoms with Crippen molar-refractivity contribution in [2.75, 3.05) is 6.54 Å². The maximum atomic E-state index is 3.46. The predicted molar refractivity (Wildman–Crippen MR) is 49.1 cm³/mol. The van der Waals surface area contributed by atoms with Gasteiger partial charge in [0.1, 0.15) is 0 Å². The quantitative estimate of drug-likeness (QED) is 0.676. The minimum absolute atomic E-state index is 0.710. The van der Waals surface area contributed by atoms with Gasteiger partial charge in [-0.2, -0.15) is 0 Å². The van der Waals surface area contributed by atoms with Crippen LogP contribution in [0.25, 0.3) is 0 Å². The highest BCUT2D eigenvalue weighted by Gasteiger charge is 2.22. The summed E-state index contributed by atoms with van der Waals surface area (Å²) in [4.78, 5) is 1.54. The Morgan fingerprint density at radius 3 is 3.09 bits per heavy atom. The zero-order valence-corrected chi connectivity index (χ0v) is 7.53. The number of rotatable bonds is 1. The zero-order valence-electron chi connectivity index (χ0n) is 6.71. The Balaban J connectivity index is 2.08. The van der Waals surface area contributed by atoms with Crippen LogP contribution >= 0.6 is 11.3 Å². The Bertz CT molecular complexity index is 217. The Morgan fingerprint density at radius 2 is 2.55 bits per heavy atom. The van der Waals surface area contributed by atoms with E-state index in [-0.39, 0.29) is 0 Å². The fourth-order valence-corrected chi connectivity index (χ4v) is 2.52. The molecule has 2 heterocycles. The van der Waals surface area contributed by atoms with Gasteiger partial charge in [-0.3, -0.25) is 0 Å². The Morgan fingerprint density at radius 1 is 1.64 bits per heavy atom. The molecular weight excluding hydrogens is 154 g/mol. The summed E-state index contributed by atoms with van der Waals surface area (Å²) in [7, 11) is 0. The Labute approximate surface area is 71.4 Å². The second kappa shape index (κ2) is 2.95. The van der Waals surface area contributed by atoms with Crippen molar-refractivity contribution in [1.29, 1.82) is 0 Å². The fraction of sp³-hybridized carbons (Fsp3) is 0.556. The van der Waals surface area contributed by atoms with E-state index in [1.807, 2.05) is 11.3 Å². The first-order chi connectivity index (χ1) is 5.36. The molecular formula is C9H13NS. The number of hydrogen-bond donors (Lipinski definition) is 1. The van der Waals surface area contributed by atoms with E-state index in [1.54, 1.807) is 4.88 Å². The van der Waals surface area contributed by atoms with E-state index in [4.69, 9.17) is 0 Å². The van der Waals surface area contributed by atoms with Gasteiger partial charge in [0, 0.05) is 23.4 Å². The second-order valence-electron chi connectivity index (χ2n) is 3.26. The minimum Gasteiger partial charge on any atom is -0.314 e. The molecule has 2 heteroatoms. The molecule has 1 aromatic rings. The van der Waals surface area contributed by atoms with Gasteiger partial charge in [-0.1, -0.05) is 6.07 Å². The lowest BCUT2D eigenvalue weighted by atomic mass is 10.1. The van der Waals surface area contributed by atoms with E-state index in [9.17, 15) is 0 Å². The number of hydrogen-bond acceptors (Lipinski definition) is 2. The Kier molecular flexibility index (Phi) is 1.96. The van der Waals surface area contributed by atoms with Gasteiger partial charge in [0.15, 0.2) is 0 Å². The average molecular weight is 167 g/mol. The molecule has 0 saturated carbocycles. The average Bonchev–Trinajstić information content (AvgIpc) is 2.55. The summed E-state index contributed by atoms with van der Waals surface area (Å²) in [6.45, 7) is 3.43. The van der Waals surface area contributed by atoms with Crippen molar-refractivity contribution in [3.05, 3.63) is 22.4 Å². The van der Waals surface area contributed by atoms with Crippen molar-refractivity contribution in [1.82, 2.24) is 5.32 Å². The topological polar surface area (TPSA) is 12.0 Å². The molecule has 1 N–H and O–H groups in total. The molecule has 0 bridgehead atoms. The fourth-order valence-electron chi connectivity index (χ4n) is 1.68. The van der Waals surface area contributed by atoms with Gasteiger partial charge in [-0.15, -0.1) is 11.3 Å². The summed E-state index contributed by atoms with van der Waals surface area (Å²) in [5.41, 5.74) is 0. The Hall–Kier alpha value is -0.340. The summed E-state index contributed by atoms with van der Waals surface area (Å²) in [6.07, 6.45) is 1.31. The van der Waals surface area contributed by atoms with Crippen LogP contribution in [0.2, 0.25) is 0 Å². The lowest BCUT2D eigenvalue weighted by molar-refractivity contribution is 0.659. The molecule has 1 aliphatic rings. The monoisotopic (exact) mass is 167 g/mol. The first-order valence-corrected chi connectivity index (χ1v) is 5.01. The molecule has 2 rings (SSSR count). The maximum absolute atomic E-state index is 3.46. The lowest BCUT2D eigenvalue weighted by Gasteiger charge is -2.03. The van der Waals surface area contributed by atoms with Crippen LogP contribution in [0, 0.1) is 0 Å². The highest BCUT2D eigenvalue weighted by atomic mass is 32.1. The van der Waals surface area contributed by atoms with Crippen LogP contribution in [0.4, 0.5) is 0 Å². The molecule has 1 aliphatic heterocycles. The SMILES string of the molecule is C[C@H]1C[C@H](c2cccs2)CN1. The van der Waals surface area contributed by atoms with Crippen LogP contribution in [0.15, 0.2) is 17.5 Å². The molecule has 0 unspecified atom stereocenters. The lowest BCUT2D eigenvalue weighted by Crippen LogP contribution is -2.16. The summed E-state index contributed by atoms with van der Waals surface area (Å²) in [6, 6.07) is 5.10. The van der Waals surface area contributed by atoms with Crippen molar-refractivity contribution >= 4 is 11.3 Å². The van der Waals surface area contributed by atoms with E-state index in [0.29, 0.717) is 6.04 Å². The highest BCUT2D eigenvalue weighted by molar-refractivity contribution is 7.10. The van der Waals surface area contributed by atoms with E-state index in [2.05, 4.69) is 29.8 Å². The zero-order chi connectivity index (χ0) is 7.68. The normalized spacial score (nSPS) is 31.0. The first kappa shape index (κ1) is 7.32. The van der Waals surface area contributed by atoms with Crippen LogP contribution in [-0.4, -0.2) is 12.6 Å². The summed E-state index contributed by atoms with van der Waals surface area (Å²) < 4.78 is 0. The maximum Gasteiger partial charge on any atom is 0.00894 e. The van der Waals surface area contributed by atoms with Gasteiger partial charge in [0.2, 0.25) is 0 Å². The minimum atomic E-state index is 0.710. The van der Waals surface area contributed by atoms with Gasteiger partial charge in [0.05, 0.1) is 0 Å². The molecule has 0 aromatic carbocycles. The van der Waals surface area contributed by atoms with Gasteiger partial charge in [-0.05, 0) is 24.8 Å². The molecule has 1 fully saturated rings. The smallest absolute Gasteiger partial charge is 0.00894 e. The van der Waals surface area contributed by atoms with Crippen molar-refractivity contribution in [2.24, 2.45) is 0 Å². The van der Waals surface area contributed by atoms with E-state index >= 15 is 0 Å². The molecule has 0 radical (unpaired) electrons. The van der Waals surface area contributed by atoms with Crippen LogP contribution < -0.4 is 5.32 Å². The molecule has 1 aromatic heterocycles. The van der Waals surface area contributed by atoms with Crippen LogP contribution in [0.5, 0.6) is 0 Å². The van der Waals surface area contributed by atoms with Crippen molar-refractivity contribution in [2.45, 2.75) is 25.3 Å². The van der Waals surface area contributed by atoms with Crippen molar-refractivity contribution in [3.8, 4) is 0 Å². The van der Waals surface area contributed by atoms with E-state index < -0.39 is 0 Å². The van der Waals surface area contributed by atoms with E-state index in [1.165, 1.54) is 13.0 Å². The third-order valence-corrected chi connectivity index (χ3v) is 3.33. The van der Waals surface area contributed by atoms with E-state index in [0.717, 1.165) is 5.92 Å². The standard InChI is InChI=1S/C9H13NS/c1-7-5-8(6-10-7)9-3-2-4-11-9/h2-4,7-8,10H,5-6H2,1H3/t7-,8-/m0/s1. The molecule has 1 nitrogen and oxygen atoms in total. The van der Waals surface area contributed by atoms with Crippen molar-refractivity contribution < 1.29 is 0 Å². The number of nitrogens with one attached hydrogen (secondary N) is 1. The summed E-state index contributed by atoms with van der Waals surface area (Å²) in [5.74, 6) is 0.782. The third-order valence-electron chi connectivity index (χ3n) is 2.30. The molecule has 60 valence electrons. The van der Waals surface area contributed by atoms with Crippen molar-refractivity contribution in [3.63, 3.8) is 0 Å². The largest absolute Gasteiger partial charge is 0.314 e. The molecule has 2 atom stereocenters. The molecule has 0 aliphatic carbocycles. The van der Waals surface area contributed by atoms with Crippen LogP contribution in [0.1, 0.15) is 24.1 Å². The summed E-state index contributed by atoms with van der Waals surface area (Å²) in [5, 5.41) is 5.63. The van der Waals surface area contributed by atoms with Gasteiger partial charge in [-0.25, -0.2) is 0 Å². The molecule has 1 saturated heterocycles. The van der Waals surface area contributed by atoms with Crippen LogP contribution in [0.3, 0.4) is 0 Å². The summed E-state index contributed by atoms with van der Waals surface area (Å²) >= 11 is 1.88.